The number of hydrogen-bond acceptors (Lipinski definition) is 3. The number of halogens is 1. The molecule has 1 saturated heterocycles. The molecular weight excluding hydrogens is 250 g/mol. The minimum atomic E-state index is -0.179. The summed E-state index contributed by atoms with van der Waals surface area (Å²) in [5.41, 5.74) is 6.76. The van der Waals surface area contributed by atoms with E-state index in [1.165, 1.54) is 0 Å². The van der Waals surface area contributed by atoms with Gasteiger partial charge in [0.25, 0.3) is 0 Å². The van der Waals surface area contributed by atoms with E-state index in [1.807, 2.05) is 31.2 Å². The van der Waals surface area contributed by atoms with E-state index in [4.69, 9.17) is 17.3 Å². The number of nitrogens with one attached hydrogen (secondary N) is 2. The highest BCUT2D eigenvalue weighted by atomic mass is 35.5. The summed E-state index contributed by atoms with van der Waals surface area (Å²) in [6, 6.07) is 7.34. The molecule has 0 bridgehead atoms. The maximum Gasteiger partial charge on any atom is 0.237 e. The zero-order chi connectivity index (χ0) is 13.1. The second-order valence-electron chi connectivity index (χ2n) is 4.74. The van der Waals surface area contributed by atoms with E-state index in [0.717, 1.165) is 5.56 Å². The van der Waals surface area contributed by atoms with Gasteiger partial charge in [-0.1, -0.05) is 23.7 Å². The zero-order valence-electron chi connectivity index (χ0n) is 10.3. The smallest absolute Gasteiger partial charge is 0.237 e. The summed E-state index contributed by atoms with van der Waals surface area (Å²) in [4.78, 5) is 12.0. The number of nitrogens with two attached hydrogens (primary N) is 1. The maximum absolute atomic E-state index is 12.0. The fraction of sp³-hybridized carbons (Fsp3) is 0.462. The highest BCUT2D eigenvalue weighted by molar-refractivity contribution is 6.30. The second-order valence-corrected chi connectivity index (χ2v) is 5.18. The Hall–Kier alpha value is -1.10. The van der Waals surface area contributed by atoms with Crippen molar-refractivity contribution in [3.8, 4) is 0 Å². The monoisotopic (exact) mass is 267 g/mol. The van der Waals surface area contributed by atoms with Crippen molar-refractivity contribution in [3.05, 3.63) is 34.9 Å². The first-order chi connectivity index (χ1) is 8.56. The Balaban J connectivity index is 1.95. The molecule has 4 nitrogen and oxygen atoms in total. The predicted molar refractivity (Wildman–Crippen MR) is 72.4 cm³/mol. The van der Waals surface area contributed by atoms with Gasteiger partial charge in [-0.3, -0.25) is 4.79 Å². The Labute approximate surface area is 112 Å². The van der Waals surface area contributed by atoms with Crippen molar-refractivity contribution in [2.75, 3.05) is 6.54 Å². The molecule has 0 saturated carbocycles. The van der Waals surface area contributed by atoms with Crippen LogP contribution in [0.4, 0.5) is 0 Å². The Morgan fingerprint density at radius 3 is 3.00 bits per heavy atom. The number of carbonyl (C=O) groups is 1. The van der Waals surface area contributed by atoms with Crippen LogP contribution in [0.2, 0.25) is 5.02 Å². The SMILES string of the molecule is C[C@@H](NC(=O)[C@@H]1C[C@H](N)CN1)c1cccc(Cl)c1. The fourth-order valence-corrected chi connectivity index (χ4v) is 2.33. The van der Waals surface area contributed by atoms with E-state index in [2.05, 4.69) is 10.6 Å². The van der Waals surface area contributed by atoms with Crippen LogP contribution in [0.5, 0.6) is 0 Å². The number of benzene rings is 1. The van der Waals surface area contributed by atoms with Gasteiger partial charge in [-0.25, -0.2) is 0 Å². The van der Waals surface area contributed by atoms with Crippen molar-refractivity contribution in [1.29, 1.82) is 0 Å². The first-order valence-corrected chi connectivity index (χ1v) is 6.49. The maximum atomic E-state index is 12.0. The van der Waals surface area contributed by atoms with Crippen molar-refractivity contribution in [3.63, 3.8) is 0 Å². The van der Waals surface area contributed by atoms with Crippen LogP contribution >= 0.6 is 11.6 Å². The van der Waals surface area contributed by atoms with Crippen LogP contribution in [-0.4, -0.2) is 24.5 Å². The largest absolute Gasteiger partial charge is 0.348 e. The van der Waals surface area contributed by atoms with Gasteiger partial charge in [-0.2, -0.15) is 0 Å². The van der Waals surface area contributed by atoms with Crippen LogP contribution in [0, 0.1) is 0 Å². The third kappa shape index (κ3) is 3.22. The van der Waals surface area contributed by atoms with Crippen LogP contribution < -0.4 is 16.4 Å². The lowest BCUT2D eigenvalue weighted by Gasteiger charge is -2.17. The molecular formula is C13H18ClN3O. The van der Waals surface area contributed by atoms with Crippen molar-refractivity contribution in [2.24, 2.45) is 5.73 Å². The molecule has 98 valence electrons. The van der Waals surface area contributed by atoms with E-state index >= 15 is 0 Å². The van der Waals surface area contributed by atoms with E-state index in [-0.39, 0.29) is 24.0 Å². The summed E-state index contributed by atoms with van der Waals surface area (Å²) in [6.45, 7) is 2.64. The summed E-state index contributed by atoms with van der Waals surface area (Å²) in [6.07, 6.45) is 0.689. The molecule has 0 aromatic heterocycles. The van der Waals surface area contributed by atoms with Crippen molar-refractivity contribution in [2.45, 2.75) is 31.5 Å². The Kier molecular flexibility index (Phi) is 4.22. The molecule has 1 heterocycles. The molecule has 1 aliphatic heterocycles. The average molecular weight is 268 g/mol. The van der Waals surface area contributed by atoms with E-state index in [9.17, 15) is 4.79 Å². The van der Waals surface area contributed by atoms with Gasteiger partial charge < -0.3 is 16.4 Å². The Bertz CT molecular complexity index is 438. The van der Waals surface area contributed by atoms with Crippen LogP contribution in [0.3, 0.4) is 0 Å². The molecule has 1 fully saturated rings. The van der Waals surface area contributed by atoms with E-state index in [1.54, 1.807) is 0 Å². The standard InChI is InChI=1S/C13H18ClN3O/c1-8(9-3-2-4-10(14)5-9)17-13(18)12-6-11(15)7-16-12/h2-5,8,11-12,16H,6-7,15H2,1H3,(H,17,18)/t8-,11+,12+/m1/s1. The molecule has 3 atom stereocenters. The molecule has 1 amide bonds. The minimum absolute atomic E-state index is 0.00424. The lowest BCUT2D eigenvalue weighted by molar-refractivity contribution is -0.123. The highest BCUT2D eigenvalue weighted by Gasteiger charge is 2.27. The van der Waals surface area contributed by atoms with Crippen molar-refractivity contribution >= 4 is 17.5 Å². The molecule has 2 rings (SSSR count). The Morgan fingerprint density at radius 1 is 1.61 bits per heavy atom. The number of hydrogen-bond donors (Lipinski definition) is 3. The van der Waals surface area contributed by atoms with E-state index in [0.29, 0.717) is 18.0 Å². The molecule has 0 aliphatic carbocycles. The molecule has 5 heteroatoms. The van der Waals surface area contributed by atoms with Crippen LogP contribution in [-0.2, 0) is 4.79 Å². The van der Waals surface area contributed by atoms with Crippen LogP contribution in [0.25, 0.3) is 0 Å². The van der Waals surface area contributed by atoms with Crippen LogP contribution in [0.1, 0.15) is 24.9 Å². The van der Waals surface area contributed by atoms with Crippen molar-refractivity contribution < 1.29 is 4.79 Å². The molecule has 1 aromatic carbocycles. The lowest BCUT2D eigenvalue weighted by atomic mass is 10.1. The van der Waals surface area contributed by atoms with Crippen LogP contribution in [0.15, 0.2) is 24.3 Å². The van der Waals surface area contributed by atoms with Gasteiger partial charge in [-0.05, 0) is 31.0 Å². The molecule has 0 unspecified atom stereocenters. The Morgan fingerprint density at radius 2 is 2.39 bits per heavy atom. The van der Waals surface area contributed by atoms with Gasteiger partial charge in [0, 0.05) is 17.6 Å². The van der Waals surface area contributed by atoms with Gasteiger partial charge >= 0.3 is 0 Å². The number of rotatable bonds is 3. The molecule has 0 radical (unpaired) electrons. The quantitative estimate of drug-likeness (QED) is 0.771. The summed E-state index contributed by atoms with van der Waals surface area (Å²) in [5.74, 6) is -0.00424. The molecule has 0 spiro atoms. The lowest BCUT2D eigenvalue weighted by Crippen LogP contribution is -2.41. The normalized spacial score (nSPS) is 24.8. The summed E-state index contributed by atoms with van der Waals surface area (Å²) >= 11 is 5.93. The zero-order valence-corrected chi connectivity index (χ0v) is 11.1. The van der Waals surface area contributed by atoms with Gasteiger partial charge in [-0.15, -0.1) is 0 Å². The molecule has 4 N–H and O–H groups in total. The minimum Gasteiger partial charge on any atom is -0.348 e. The molecule has 1 aliphatic rings. The fourth-order valence-electron chi connectivity index (χ4n) is 2.14. The number of amides is 1. The third-order valence-electron chi connectivity index (χ3n) is 3.19. The predicted octanol–water partition coefficient (Wildman–Crippen LogP) is 1.21. The van der Waals surface area contributed by atoms with Gasteiger partial charge in [0.1, 0.15) is 0 Å². The highest BCUT2D eigenvalue weighted by Crippen LogP contribution is 2.17. The van der Waals surface area contributed by atoms with E-state index < -0.39 is 0 Å². The first-order valence-electron chi connectivity index (χ1n) is 6.11. The summed E-state index contributed by atoms with van der Waals surface area (Å²) < 4.78 is 0. The van der Waals surface area contributed by atoms with Gasteiger partial charge in [0.15, 0.2) is 0 Å². The van der Waals surface area contributed by atoms with Gasteiger partial charge in [0.05, 0.1) is 12.1 Å². The summed E-state index contributed by atoms with van der Waals surface area (Å²) in [5, 5.41) is 6.76. The van der Waals surface area contributed by atoms with Gasteiger partial charge in [0.2, 0.25) is 5.91 Å². The second kappa shape index (κ2) is 5.69. The topological polar surface area (TPSA) is 67.2 Å². The number of carbonyl (C=O) groups excluding carboxylic acids is 1. The average Bonchev–Trinajstić information content (AvgIpc) is 2.76. The molecule has 18 heavy (non-hydrogen) atoms. The third-order valence-corrected chi connectivity index (χ3v) is 3.42. The summed E-state index contributed by atoms with van der Waals surface area (Å²) in [7, 11) is 0. The van der Waals surface area contributed by atoms with Crippen molar-refractivity contribution in [1.82, 2.24) is 10.6 Å². The molecule has 1 aromatic rings. The first kappa shape index (κ1) is 13.3.